The minimum atomic E-state index is -0.0490. The van der Waals surface area contributed by atoms with Gasteiger partial charge >= 0.3 is 0 Å². The quantitative estimate of drug-likeness (QED) is 0.693. The topological polar surface area (TPSA) is 63.1 Å². The average Bonchev–Trinajstić information content (AvgIpc) is 2.97. The molecular weight excluding hydrogens is 310 g/mol. The molecule has 5 nitrogen and oxygen atoms in total. The lowest BCUT2D eigenvalue weighted by molar-refractivity contribution is -0.116. The van der Waals surface area contributed by atoms with Crippen molar-refractivity contribution in [2.75, 3.05) is 5.75 Å². The van der Waals surface area contributed by atoms with Gasteiger partial charge in [0.05, 0.1) is 12.0 Å². The Balaban J connectivity index is 1.75. The summed E-state index contributed by atoms with van der Waals surface area (Å²) in [6.45, 7) is 2.03. The maximum absolute atomic E-state index is 11.1. The van der Waals surface area contributed by atoms with Crippen LogP contribution in [0.5, 0.6) is 11.5 Å². The van der Waals surface area contributed by atoms with Crippen molar-refractivity contribution in [2.45, 2.75) is 6.92 Å². The van der Waals surface area contributed by atoms with E-state index in [0.717, 1.165) is 11.3 Å². The summed E-state index contributed by atoms with van der Waals surface area (Å²) in [5, 5.41) is 11.2. The van der Waals surface area contributed by atoms with Gasteiger partial charge in [-0.25, -0.2) is 0 Å². The van der Waals surface area contributed by atoms with E-state index in [1.54, 1.807) is 6.21 Å². The van der Waals surface area contributed by atoms with E-state index in [-0.39, 0.29) is 5.91 Å². The van der Waals surface area contributed by atoms with Crippen LogP contribution in [0.3, 0.4) is 0 Å². The molecular formula is C17H15N3O2S. The van der Waals surface area contributed by atoms with Crippen LogP contribution in [0.2, 0.25) is 0 Å². The summed E-state index contributed by atoms with van der Waals surface area (Å²) in [6, 6.07) is 15.4. The van der Waals surface area contributed by atoms with Gasteiger partial charge in [0.2, 0.25) is 5.91 Å². The van der Waals surface area contributed by atoms with Crippen molar-refractivity contribution in [1.29, 1.82) is 0 Å². The number of aryl methyl sites for hydroxylation is 1. The number of para-hydroxylation sites is 1. The van der Waals surface area contributed by atoms with E-state index < -0.39 is 0 Å². The number of nitrogens with one attached hydrogen (secondary N) is 1. The van der Waals surface area contributed by atoms with E-state index in [2.05, 4.69) is 15.5 Å². The largest absolute Gasteiger partial charge is 0.457 e. The zero-order chi connectivity index (χ0) is 16.1. The third-order valence-corrected chi connectivity index (χ3v) is 3.96. The van der Waals surface area contributed by atoms with Gasteiger partial charge in [0.15, 0.2) is 5.17 Å². The Bertz CT molecular complexity index is 770. The zero-order valence-corrected chi connectivity index (χ0v) is 13.3. The predicted molar refractivity (Wildman–Crippen MR) is 93.3 cm³/mol. The highest BCUT2D eigenvalue weighted by atomic mass is 32.2. The van der Waals surface area contributed by atoms with Crippen LogP contribution in [0.4, 0.5) is 0 Å². The highest BCUT2D eigenvalue weighted by molar-refractivity contribution is 8.15. The molecule has 0 bridgehead atoms. The molecule has 1 N–H and O–H groups in total. The molecule has 0 spiro atoms. The van der Waals surface area contributed by atoms with Crippen molar-refractivity contribution >= 4 is 29.1 Å². The summed E-state index contributed by atoms with van der Waals surface area (Å²) in [4.78, 5) is 11.1. The van der Waals surface area contributed by atoms with E-state index >= 15 is 0 Å². The highest BCUT2D eigenvalue weighted by Crippen LogP contribution is 2.24. The van der Waals surface area contributed by atoms with Gasteiger partial charge in [-0.3, -0.25) is 4.79 Å². The molecule has 1 aliphatic rings. The van der Waals surface area contributed by atoms with Crippen LogP contribution in [-0.2, 0) is 4.79 Å². The van der Waals surface area contributed by atoms with Crippen LogP contribution >= 0.6 is 11.8 Å². The second-order valence-electron chi connectivity index (χ2n) is 4.94. The molecule has 1 amide bonds. The minimum absolute atomic E-state index is 0.0490. The first-order chi connectivity index (χ1) is 11.2. The van der Waals surface area contributed by atoms with Crippen LogP contribution in [0.1, 0.15) is 11.1 Å². The number of amides is 1. The number of hydrogen-bond donors (Lipinski definition) is 1. The van der Waals surface area contributed by atoms with Crippen molar-refractivity contribution < 1.29 is 9.53 Å². The van der Waals surface area contributed by atoms with Gasteiger partial charge in [-0.2, -0.15) is 5.10 Å². The second-order valence-corrected chi connectivity index (χ2v) is 5.90. The molecule has 2 aromatic rings. The fraction of sp³-hybridized carbons (Fsp3) is 0.118. The van der Waals surface area contributed by atoms with Crippen molar-refractivity contribution in [3.05, 3.63) is 59.7 Å². The highest BCUT2D eigenvalue weighted by Gasteiger charge is 2.15. The van der Waals surface area contributed by atoms with Gasteiger partial charge in [-0.15, -0.1) is 5.10 Å². The van der Waals surface area contributed by atoms with E-state index in [0.29, 0.717) is 16.7 Å². The number of hydrogen-bond acceptors (Lipinski definition) is 5. The SMILES string of the molecule is Cc1ccc(Oc2ccccc2C=NN=C2NC(=O)CS2)cc1. The summed E-state index contributed by atoms with van der Waals surface area (Å²) >= 11 is 1.34. The molecule has 1 aliphatic heterocycles. The van der Waals surface area contributed by atoms with Crippen LogP contribution in [0, 0.1) is 6.92 Å². The molecule has 2 aromatic carbocycles. The second kappa shape index (κ2) is 7.11. The Morgan fingerprint density at radius 2 is 1.96 bits per heavy atom. The number of carbonyl (C=O) groups excluding carboxylic acids is 1. The normalized spacial score (nSPS) is 16.0. The van der Waals surface area contributed by atoms with Crippen LogP contribution in [-0.4, -0.2) is 23.0 Å². The number of carbonyl (C=O) groups is 1. The summed E-state index contributed by atoms with van der Waals surface area (Å²) in [6.07, 6.45) is 1.61. The van der Waals surface area contributed by atoms with Crippen molar-refractivity contribution in [3.63, 3.8) is 0 Å². The zero-order valence-electron chi connectivity index (χ0n) is 12.5. The molecule has 116 valence electrons. The van der Waals surface area contributed by atoms with Crippen LogP contribution < -0.4 is 10.1 Å². The van der Waals surface area contributed by atoms with Gasteiger partial charge in [0, 0.05) is 5.56 Å². The molecule has 0 aromatic heterocycles. The molecule has 0 aliphatic carbocycles. The van der Waals surface area contributed by atoms with Gasteiger partial charge < -0.3 is 10.1 Å². The van der Waals surface area contributed by atoms with E-state index in [4.69, 9.17) is 4.74 Å². The maximum Gasteiger partial charge on any atom is 0.236 e. The molecule has 1 saturated heterocycles. The number of rotatable bonds is 4. The molecule has 0 radical (unpaired) electrons. The molecule has 0 unspecified atom stereocenters. The average molecular weight is 325 g/mol. The minimum Gasteiger partial charge on any atom is -0.457 e. The summed E-state index contributed by atoms with van der Waals surface area (Å²) in [5.41, 5.74) is 1.99. The third-order valence-electron chi connectivity index (χ3n) is 3.10. The molecule has 0 saturated carbocycles. The Kier molecular flexibility index (Phi) is 4.73. The predicted octanol–water partition coefficient (Wildman–Crippen LogP) is 3.34. The smallest absolute Gasteiger partial charge is 0.236 e. The Hall–Kier alpha value is -2.60. The summed E-state index contributed by atoms with van der Waals surface area (Å²) in [7, 11) is 0. The lowest BCUT2D eigenvalue weighted by atomic mass is 10.2. The van der Waals surface area contributed by atoms with Crippen LogP contribution in [0.15, 0.2) is 58.7 Å². The van der Waals surface area contributed by atoms with E-state index in [1.807, 2.05) is 55.5 Å². The van der Waals surface area contributed by atoms with Crippen molar-refractivity contribution in [2.24, 2.45) is 10.2 Å². The van der Waals surface area contributed by atoms with E-state index in [1.165, 1.54) is 17.3 Å². The first-order valence-electron chi connectivity index (χ1n) is 7.08. The Morgan fingerprint density at radius 3 is 2.70 bits per heavy atom. The summed E-state index contributed by atoms with van der Waals surface area (Å²) < 4.78 is 5.89. The van der Waals surface area contributed by atoms with Gasteiger partial charge in [-0.1, -0.05) is 41.6 Å². The molecule has 1 fully saturated rings. The number of amidine groups is 1. The van der Waals surface area contributed by atoms with Crippen molar-refractivity contribution in [3.8, 4) is 11.5 Å². The molecule has 0 atom stereocenters. The first-order valence-corrected chi connectivity index (χ1v) is 8.06. The lowest BCUT2D eigenvalue weighted by Crippen LogP contribution is -2.19. The van der Waals surface area contributed by atoms with Gasteiger partial charge in [0.25, 0.3) is 0 Å². The fourth-order valence-corrected chi connectivity index (χ4v) is 2.57. The standard InChI is InChI=1S/C17H15N3O2S/c1-12-6-8-14(9-7-12)22-15-5-3-2-4-13(15)10-18-20-17-19-16(21)11-23-17/h2-10H,11H2,1H3,(H,19,20,21). The number of nitrogens with zero attached hydrogens (tertiary/aromatic N) is 2. The molecule has 6 heteroatoms. The van der Waals surface area contributed by atoms with Crippen molar-refractivity contribution in [1.82, 2.24) is 5.32 Å². The molecule has 3 rings (SSSR count). The van der Waals surface area contributed by atoms with Gasteiger partial charge in [0.1, 0.15) is 11.5 Å². The third kappa shape index (κ3) is 4.20. The lowest BCUT2D eigenvalue weighted by Gasteiger charge is -2.08. The Labute approximate surface area is 138 Å². The number of ether oxygens (including phenoxy) is 1. The number of thioether (sulfide) groups is 1. The Morgan fingerprint density at radius 1 is 1.17 bits per heavy atom. The van der Waals surface area contributed by atoms with E-state index in [9.17, 15) is 4.79 Å². The molecule has 1 heterocycles. The molecule has 23 heavy (non-hydrogen) atoms. The van der Waals surface area contributed by atoms with Gasteiger partial charge in [-0.05, 0) is 31.2 Å². The first kappa shape index (κ1) is 15.3. The maximum atomic E-state index is 11.1. The monoisotopic (exact) mass is 325 g/mol. The summed E-state index contributed by atoms with van der Waals surface area (Å²) in [5.74, 6) is 1.80. The number of benzene rings is 2. The fourth-order valence-electron chi connectivity index (χ4n) is 1.94. The van der Waals surface area contributed by atoms with Crippen LogP contribution in [0.25, 0.3) is 0 Å².